The van der Waals surface area contributed by atoms with Gasteiger partial charge in [-0.3, -0.25) is 4.98 Å². The van der Waals surface area contributed by atoms with Crippen LogP contribution < -0.4 is 10.6 Å². The van der Waals surface area contributed by atoms with Crippen molar-refractivity contribution in [2.24, 2.45) is 0 Å². The van der Waals surface area contributed by atoms with E-state index in [-0.39, 0.29) is 0 Å². The highest BCUT2D eigenvalue weighted by Crippen LogP contribution is 2.20. The third kappa shape index (κ3) is 4.41. The van der Waals surface area contributed by atoms with E-state index in [1.807, 2.05) is 24.5 Å². The molecule has 0 radical (unpaired) electrons. The van der Waals surface area contributed by atoms with E-state index in [1.165, 1.54) is 5.56 Å². The second-order valence-electron chi connectivity index (χ2n) is 4.86. The maximum atomic E-state index is 4.37. The number of nitrogens with zero attached hydrogens (tertiary/aromatic N) is 3. The third-order valence-corrected chi connectivity index (χ3v) is 3.30. The van der Waals surface area contributed by atoms with Crippen molar-refractivity contribution in [2.45, 2.75) is 33.1 Å². The Hall–Kier alpha value is -2.17. The molecule has 0 saturated heterocycles. The highest BCUT2D eigenvalue weighted by Gasteiger charge is 2.08. The van der Waals surface area contributed by atoms with Crippen LogP contribution in [0.15, 0.2) is 30.9 Å². The molecule has 2 heterocycles. The SMILES string of the molecule is CCCNc1ncnc(NCCc2ccncc2)c1CC. The van der Waals surface area contributed by atoms with Gasteiger partial charge in [-0.05, 0) is 37.0 Å². The van der Waals surface area contributed by atoms with E-state index >= 15 is 0 Å². The smallest absolute Gasteiger partial charge is 0.134 e. The van der Waals surface area contributed by atoms with Crippen LogP contribution >= 0.6 is 0 Å². The minimum atomic E-state index is 0.848. The number of nitrogens with one attached hydrogen (secondary N) is 2. The molecule has 0 spiro atoms. The van der Waals surface area contributed by atoms with Gasteiger partial charge >= 0.3 is 0 Å². The summed E-state index contributed by atoms with van der Waals surface area (Å²) in [4.78, 5) is 12.7. The molecule has 0 atom stereocenters. The van der Waals surface area contributed by atoms with Crippen molar-refractivity contribution < 1.29 is 0 Å². The van der Waals surface area contributed by atoms with Crippen LogP contribution in [0, 0.1) is 0 Å². The van der Waals surface area contributed by atoms with E-state index in [9.17, 15) is 0 Å². The van der Waals surface area contributed by atoms with Crippen molar-refractivity contribution in [3.8, 4) is 0 Å². The minimum absolute atomic E-state index is 0.848. The monoisotopic (exact) mass is 285 g/mol. The van der Waals surface area contributed by atoms with Crippen LogP contribution in [0.1, 0.15) is 31.4 Å². The summed E-state index contributed by atoms with van der Waals surface area (Å²) in [6.07, 6.45) is 8.20. The Labute approximate surface area is 126 Å². The Balaban J connectivity index is 1.98. The topological polar surface area (TPSA) is 62.7 Å². The van der Waals surface area contributed by atoms with Gasteiger partial charge in [-0.15, -0.1) is 0 Å². The van der Waals surface area contributed by atoms with Gasteiger partial charge in [-0.2, -0.15) is 0 Å². The average molecular weight is 285 g/mol. The van der Waals surface area contributed by atoms with Crippen molar-refractivity contribution >= 4 is 11.6 Å². The third-order valence-electron chi connectivity index (χ3n) is 3.30. The molecule has 0 aliphatic carbocycles. The first-order chi connectivity index (χ1) is 10.3. The molecule has 0 fully saturated rings. The summed E-state index contributed by atoms with van der Waals surface area (Å²) >= 11 is 0. The fourth-order valence-corrected chi connectivity index (χ4v) is 2.17. The zero-order valence-corrected chi connectivity index (χ0v) is 12.8. The Bertz CT molecular complexity index is 542. The summed E-state index contributed by atoms with van der Waals surface area (Å²) in [5, 5.41) is 6.78. The lowest BCUT2D eigenvalue weighted by molar-refractivity contribution is 0.938. The van der Waals surface area contributed by atoms with Gasteiger partial charge in [0.1, 0.15) is 18.0 Å². The number of hydrogen-bond acceptors (Lipinski definition) is 5. The van der Waals surface area contributed by atoms with Crippen molar-refractivity contribution in [3.63, 3.8) is 0 Å². The fourth-order valence-electron chi connectivity index (χ4n) is 2.17. The second-order valence-corrected chi connectivity index (χ2v) is 4.86. The predicted octanol–water partition coefficient (Wildman–Crippen LogP) is 2.91. The second kappa shape index (κ2) is 8.19. The van der Waals surface area contributed by atoms with Gasteiger partial charge in [0.15, 0.2) is 0 Å². The van der Waals surface area contributed by atoms with E-state index in [2.05, 4.69) is 39.4 Å². The van der Waals surface area contributed by atoms with Crippen molar-refractivity contribution in [2.75, 3.05) is 23.7 Å². The maximum Gasteiger partial charge on any atom is 0.134 e. The summed E-state index contributed by atoms with van der Waals surface area (Å²) in [5.74, 6) is 1.88. The Kier molecular flexibility index (Phi) is 5.94. The molecule has 0 bridgehead atoms. The first kappa shape index (κ1) is 15.2. The summed E-state index contributed by atoms with van der Waals surface area (Å²) in [6, 6.07) is 4.08. The molecule has 2 aromatic rings. The van der Waals surface area contributed by atoms with Gasteiger partial charge < -0.3 is 10.6 Å². The van der Waals surface area contributed by atoms with E-state index in [0.29, 0.717) is 0 Å². The van der Waals surface area contributed by atoms with Crippen LogP contribution in [0.2, 0.25) is 0 Å². The first-order valence-electron chi connectivity index (χ1n) is 7.55. The Morgan fingerprint density at radius 1 is 0.952 bits per heavy atom. The van der Waals surface area contributed by atoms with Gasteiger partial charge in [0.05, 0.1) is 0 Å². The molecule has 0 aliphatic rings. The highest BCUT2D eigenvalue weighted by molar-refractivity contribution is 5.57. The van der Waals surface area contributed by atoms with Gasteiger partial charge in [-0.25, -0.2) is 9.97 Å². The van der Waals surface area contributed by atoms with Crippen LogP contribution in [-0.2, 0) is 12.8 Å². The van der Waals surface area contributed by atoms with Gasteiger partial charge in [0.2, 0.25) is 0 Å². The van der Waals surface area contributed by atoms with Crippen molar-refractivity contribution in [1.29, 1.82) is 0 Å². The number of pyridine rings is 1. The molecular formula is C16H23N5. The highest BCUT2D eigenvalue weighted by atomic mass is 15.1. The molecule has 21 heavy (non-hydrogen) atoms. The normalized spacial score (nSPS) is 10.4. The van der Waals surface area contributed by atoms with Crippen LogP contribution in [0.4, 0.5) is 11.6 Å². The number of hydrogen-bond donors (Lipinski definition) is 2. The van der Waals surface area contributed by atoms with E-state index in [0.717, 1.165) is 49.6 Å². The van der Waals surface area contributed by atoms with Gasteiger partial charge in [0.25, 0.3) is 0 Å². The summed E-state index contributed by atoms with van der Waals surface area (Å²) < 4.78 is 0. The molecule has 2 aromatic heterocycles. The predicted molar refractivity (Wildman–Crippen MR) is 86.6 cm³/mol. The molecular weight excluding hydrogens is 262 g/mol. The van der Waals surface area contributed by atoms with Gasteiger partial charge in [-0.1, -0.05) is 13.8 Å². The summed E-state index contributed by atoms with van der Waals surface area (Å²) in [7, 11) is 0. The quantitative estimate of drug-likeness (QED) is 0.781. The van der Waals surface area contributed by atoms with E-state index in [4.69, 9.17) is 0 Å². The summed E-state index contributed by atoms with van der Waals surface area (Å²) in [5.41, 5.74) is 2.43. The standard InChI is InChI=1S/C16H23N5/c1-3-8-18-15-14(4-2)16(21-12-20-15)19-11-7-13-5-9-17-10-6-13/h5-6,9-10,12H,3-4,7-8,11H2,1-2H3,(H2,18,19,20,21). The average Bonchev–Trinajstić information content (AvgIpc) is 2.54. The van der Waals surface area contributed by atoms with Crippen LogP contribution in [0.3, 0.4) is 0 Å². The zero-order chi connectivity index (χ0) is 14.9. The Morgan fingerprint density at radius 2 is 1.62 bits per heavy atom. The molecule has 0 aromatic carbocycles. The molecule has 5 nitrogen and oxygen atoms in total. The lowest BCUT2D eigenvalue weighted by atomic mass is 10.2. The first-order valence-corrected chi connectivity index (χ1v) is 7.55. The maximum absolute atomic E-state index is 4.37. The lowest BCUT2D eigenvalue weighted by Crippen LogP contribution is -2.12. The van der Waals surface area contributed by atoms with Crippen molar-refractivity contribution in [3.05, 3.63) is 42.0 Å². The fraction of sp³-hybridized carbons (Fsp3) is 0.438. The van der Waals surface area contributed by atoms with Crippen molar-refractivity contribution in [1.82, 2.24) is 15.0 Å². The molecule has 0 amide bonds. The molecule has 112 valence electrons. The molecule has 2 N–H and O–H groups in total. The van der Waals surface area contributed by atoms with Gasteiger partial charge in [0, 0.05) is 31.0 Å². The van der Waals surface area contributed by atoms with E-state index < -0.39 is 0 Å². The lowest BCUT2D eigenvalue weighted by Gasteiger charge is -2.14. The van der Waals surface area contributed by atoms with Crippen LogP contribution in [-0.4, -0.2) is 28.0 Å². The zero-order valence-electron chi connectivity index (χ0n) is 12.8. The molecule has 0 aliphatic heterocycles. The molecule has 0 unspecified atom stereocenters. The molecule has 2 rings (SSSR count). The van der Waals surface area contributed by atoms with E-state index in [1.54, 1.807) is 6.33 Å². The van der Waals surface area contributed by atoms with Crippen LogP contribution in [0.25, 0.3) is 0 Å². The Morgan fingerprint density at radius 3 is 2.24 bits per heavy atom. The molecule has 0 saturated carbocycles. The van der Waals surface area contributed by atoms with Crippen LogP contribution in [0.5, 0.6) is 0 Å². The number of anilines is 2. The number of aromatic nitrogens is 3. The molecule has 5 heteroatoms. The summed E-state index contributed by atoms with van der Waals surface area (Å²) in [6.45, 7) is 6.05. The number of rotatable bonds is 8. The minimum Gasteiger partial charge on any atom is -0.370 e. The largest absolute Gasteiger partial charge is 0.370 e.